The Hall–Kier alpha value is -1.77. The van der Waals surface area contributed by atoms with Crippen molar-refractivity contribution in [1.82, 2.24) is 0 Å². The summed E-state index contributed by atoms with van der Waals surface area (Å²) in [4.78, 5) is 13.9. The minimum atomic E-state index is -0.0252. The maximum atomic E-state index is 11.9. The molecule has 0 saturated heterocycles. The van der Waals surface area contributed by atoms with Gasteiger partial charge in [0.15, 0.2) is 5.76 Å². The van der Waals surface area contributed by atoms with Crippen molar-refractivity contribution in [1.29, 1.82) is 0 Å². The fourth-order valence-corrected chi connectivity index (χ4v) is 1.63. The molecule has 0 spiro atoms. The highest BCUT2D eigenvalue weighted by Crippen LogP contribution is 2.18. The van der Waals surface area contributed by atoms with Crippen LogP contribution in [0.5, 0.6) is 0 Å². The summed E-state index contributed by atoms with van der Waals surface area (Å²) in [5, 5.41) is 0. The second kappa shape index (κ2) is 4.39. The van der Waals surface area contributed by atoms with Crippen LogP contribution in [0.2, 0.25) is 0 Å². The molecular formula is C13H15NO2. The maximum absolute atomic E-state index is 11.9. The first-order chi connectivity index (χ1) is 7.68. The smallest absolute Gasteiger partial charge is 0.227 e. The zero-order chi connectivity index (χ0) is 11.5. The summed E-state index contributed by atoms with van der Waals surface area (Å²) in [5.41, 5.74) is 1.76. The maximum Gasteiger partial charge on any atom is 0.227 e. The molecule has 3 heteroatoms. The Morgan fingerprint density at radius 3 is 2.44 bits per heavy atom. The average Bonchev–Trinajstić information content (AvgIpc) is 2.81. The van der Waals surface area contributed by atoms with Gasteiger partial charge in [0, 0.05) is 31.8 Å². The second-order valence-electron chi connectivity index (χ2n) is 3.98. The SMILES string of the molecule is CN(C)c1ccc(C(=O)C2=CCCO2)cc1. The van der Waals surface area contributed by atoms with E-state index in [-0.39, 0.29) is 5.78 Å². The Kier molecular flexibility index (Phi) is 2.95. The summed E-state index contributed by atoms with van der Waals surface area (Å²) in [6, 6.07) is 7.53. The van der Waals surface area contributed by atoms with Gasteiger partial charge in [0.1, 0.15) is 0 Å². The first-order valence-corrected chi connectivity index (χ1v) is 5.33. The van der Waals surface area contributed by atoms with E-state index < -0.39 is 0 Å². The van der Waals surface area contributed by atoms with Crippen molar-refractivity contribution in [3.8, 4) is 0 Å². The summed E-state index contributed by atoms with van der Waals surface area (Å²) >= 11 is 0. The number of hydrogen-bond donors (Lipinski definition) is 0. The van der Waals surface area contributed by atoms with Gasteiger partial charge in [-0.05, 0) is 30.3 Å². The third kappa shape index (κ3) is 2.08. The number of ether oxygens (including phenoxy) is 1. The van der Waals surface area contributed by atoms with Gasteiger partial charge < -0.3 is 9.64 Å². The highest BCUT2D eigenvalue weighted by molar-refractivity contribution is 6.07. The lowest BCUT2D eigenvalue weighted by molar-refractivity contribution is 0.0942. The third-order valence-electron chi connectivity index (χ3n) is 2.57. The Labute approximate surface area is 95.3 Å². The quantitative estimate of drug-likeness (QED) is 0.727. The molecule has 16 heavy (non-hydrogen) atoms. The average molecular weight is 217 g/mol. The molecule has 0 atom stereocenters. The summed E-state index contributed by atoms with van der Waals surface area (Å²) in [6.07, 6.45) is 2.68. The molecular weight excluding hydrogens is 202 g/mol. The van der Waals surface area contributed by atoms with Gasteiger partial charge in [-0.2, -0.15) is 0 Å². The van der Waals surface area contributed by atoms with E-state index in [1.54, 1.807) is 0 Å². The molecule has 1 aliphatic rings. The molecule has 0 amide bonds. The van der Waals surface area contributed by atoms with Crippen molar-refractivity contribution in [2.75, 3.05) is 25.6 Å². The number of Topliss-reactive ketones (excluding diaryl/α,β-unsaturated/α-hetero) is 1. The number of allylic oxidation sites excluding steroid dienone is 1. The van der Waals surface area contributed by atoms with E-state index in [0.29, 0.717) is 17.9 Å². The van der Waals surface area contributed by atoms with Gasteiger partial charge >= 0.3 is 0 Å². The summed E-state index contributed by atoms with van der Waals surface area (Å²) in [5.74, 6) is 0.459. The molecule has 2 rings (SSSR count). The second-order valence-corrected chi connectivity index (χ2v) is 3.98. The number of benzene rings is 1. The molecule has 1 heterocycles. The predicted octanol–water partition coefficient (Wildman–Crippen LogP) is 2.24. The Morgan fingerprint density at radius 2 is 1.94 bits per heavy atom. The van der Waals surface area contributed by atoms with Gasteiger partial charge in [0.2, 0.25) is 5.78 Å². The Balaban J connectivity index is 2.18. The van der Waals surface area contributed by atoms with Crippen molar-refractivity contribution in [2.45, 2.75) is 6.42 Å². The Morgan fingerprint density at radius 1 is 1.25 bits per heavy atom. The number of hydrogen-bond acceptors (Lipinski definition) is 3. The van der Waals surface area contributed by atoms with Gasteiger partial charge in [0.05, 0.1) is 6.61 Å². The molecule has 0 fully saturated rings. The minimum absolute atomic E-state index is 0.0252. The van der Waals surface area contributed by atoms with Crippen LogP contribution in [-0.4, -0.2) is 26.5 Å². The molecule has 1 aliphatic heterocycles. The lowest BCUT2D eigenvalue weighted by Crippen LogP contribution is -2.09. The van der Waals surface area contributed by atoms with Crippen LogP contribution in [0.15, 0.2) is 36.1 Å². The van der Waals surface area contributed by atoms with Gasteiger partial charge in [-0.1, -0.05) is 0 Å². The van der Waals surface area contributed by atoms with Gasteiger partial charge in [0.25, 0.3) is 0 Å². The van der Waals surface area contributed by atoms with Crippen LogP contribution in [0.4, 0.5) is 5.69 Å². The topological polar surface area (TPSA) is 29.5 Å². The number of carbonyl (C=O) groups excluding carboxylic acids is 1. The van der Waals surface area contributed by atoms with Crippen LogP contribution in [0.3, 0.4) is 0 Å². The standard InChI is InChI=1S/C13H15NO2/c1-14(2)11-7-5-10(6-8-11)13(15)12-4-3-9-16-12/h4-8H,3,9H2,1-2H3. The molecule has 0 N–H and O–H groups in total. The van der Waals surface area contributed by atoms with Gasteiger partial charge in [-0.15, -0.1) is 0 Å². The van der Waals surface area contributed by atoms with E-state index in [9.17, 15) is 4.79 Å². The summed E-state index contributed by atoms with van der Waals surface area (Å²) < 4.78 is 5.25. The number of rotatable bonds is 3. The van der Waals surface area contributed by atoms with Crippen molar-refractivity contribution in [3.63, 3.8) is 0 Å². The fraction of sp³-hybridized carbons (Fsp3) is 0.308. The van der Waals surface area contributed by atoms with Gasteiger partial charge in [-0.3, -0.25) is 4.79 Å². The summed E-state index contributed by atoms with van der Waals surface area (Å²) in [7, 11) is 3.94. The van der Waals surface area contributed by atoms with Crippen LogP contribution < -0.4 is 4.90 Å². The molecule has 0 aromatic heterocycles. The van der Waals surface area contributed by atoms with Gasteiger partial charge in [-0.25, -0.2) is 0 Å². The van der Waals surface area contributed by atoms with E-state index in [2.05, 4.69) is 0 Å². The zero-order valence-electron chi connectivity index (χ0n) is 9.56. The molecule has 3 nitrogen and oxygen atoms in total. The molecule has 0 bridgehead atoms. The number of anilines is 1. The molecule has 1 aromatic rings. The number of ketones is 1. The normalized spacial score (nSPS) is 14.2. The van der Waals surface area contributed by atoms with E-state index in [0.717, 1.165) is 12.1 Å². The molecule has 84 valence electrons. The molecule has 0 unspecified atom stereocenters. The van der Waals surface area contributed by atoms with Crippen molar-refractivity contribution in [3.05, 3.63) is 41.7 Å². The van der Waals surface area contributed by atoms with Crippen LogP contribution in [0.25, 0.3) is 0 Å². The highest BCUT2D eigenvalue weighted by atomic mass is 16.5. The lowest BCUT2D eigenvalue weighted by Gasteiger charge is -2.12. The molecule has 1 aromatic carbocycles. The molecule has 0 aliphatic carbocycles. The molecule has 0 saturated carbocycles. The van der Waals surface area contributed by atoms with Crippen LogP contribution in [0, 0.1) is 0 Å². The van der Waals surface area contributed by atoms with E-state index in [1.165, 1.54) is 0 Å². The molecule has 0 radical (unpaired) electrons. The summed E-state index contributed by atoms with van der Waals surface area (Å²) in [6.45, 7) is 0.622. The monoisotopic (exact) mass is 217 g/mol. The van der Waals surface area contributed by atoms with E-state index >= 15 is 0 Å². The van der Waals surface area contributed by atoms with Crippen molar-refractivity contribution >= 4 is 11.5 Å². The first kappa shape index (κ1) is 10.7. The fourth-order valence-electron chi connectivity index (χ4n) is 1.63. The highest BCUT2D eigenvalue weighted by Gasteiger charge is 2.16. The Bertz CT molecular complexity index is 418. The van der Waals surface area contributed by atoms with Crippen molar-refractivity contribution in [2.24, 2.45) is 0 Å². The number of nitrogens with zero attached hydrogens (tertiary/aromatic N) is 1. The zero-order valence-corrected chi connectivity index (χ0v) is 9.56. The minimum Gasteiger partial charge on any atom is -0.489 e. The van der Waals surface area contributed by atoms with E-state index in [1.807, 2.05) is 49.3 Å². The van der Waals surface area contributed by atoms with Crippen LogP contribution in [0.1, 0.15) is 16.8 Å². The number of carbonyl (C=O) groups is 1. The van der Waals surface area contributed by atoms with E-state index in [4.69, 9.17) is 4.74 Å². The first-order valence-electron chi connectivity index (χ1n) is 5.33. The largest absolute Gasteiger partial charge is 0.489 e. The lowest BCUT2D eigenvalue weighted by atomic mass is 10.1. The predicted molar refractivity (Wildman–Crippen MR) is 63.8 cm³/mol. The van der Waals surface area contributed by atoms with Crippen molar-refractivity contribution < 1.29 is 9.53 Å². The van der Waals surface area contributed by atoms with Crippen LogP contribution >= 0.6 is 0 Å². The third-order valence-corrected chi connectivity index (χ3v) is 2.57. The van der Waals surface area contributed by atoms with Crippen LogP contribution in [-0.2, 0) is 4.74 Å².